The highest BCUT2D eigenvalue weighted by Gasteiger charge is 2.26. The van der Waals surface area contributed by atoms with Crippen molar-refractivity contribution in [3.8, 4) is 5.88 Å². The zero-order valence-electron chi connectivity index (χ0n) is 15.2. The molecule has 3 rings (SSSR count). The number of amides is 1. The van der Waals surface area contributed by atoms with Crippen molar-refractivity contribution in [3.63, 3.8) is 0 Å². The second kappa shape index (κ2) is 9.15. The van der Waals surface area contributed by atoms with Crippen molar-refractivity contribution in [3.05, 3.63) is 23.9 Å². The lowest BCUT2D eigenvalue weighted by Gasteiger charge is -2.34. The van der Waals surface area contributed by atoms with Crippen molar-refractivity contribution >= 4 is 5.91 Å². The van der Waals surface area contributed by atoms with Gasteiger partial charge >= 0.3 is 0 Å². The average molecular weight is 347 g/mol. The van der Waals surface area contributed by atoms with Crippen molar-refractivity contribution in [1.82, 2.24) is 14.8 Å². The van der Waals surface area contributed by atoms with Crippen LogP contribution in [0, 0.1) is 5.92 Å². The Bertz CT molecular complexity index is 553. The van der Waals surface area contributed by atoms with Gasteiger partial charge in [0.25, 0.3) is 5.91 Å². The van der Waals surface area contributed by atoms with Crippen molar-refractivity contribution in [2.45, 2.75) is 26.2 Å². The molecule has 0 spiro atoms. The Balaban J connectivity index is 1.47. The summed E-state index contributed by atoms with van der Waals surface area (Å²) in [7, 11) is 0. The van der Waals surface area contributed by atoms with Gasteiger partial charge < -0.3 is 14.4 Å². The van der Waals surface area contributed by atoms with Gasteiger partial charge in [0.1, 0.15) is 5.56 Å². The maximum atomic E-state index is 12.8. The zero-order valence-corrected chi connectivity index (χ0v) is 15.2. The molecule has 2 saturated heterocycles. The molecular formula is C19H29N3O3. The molecule has 0 radical (unpaired) electrons. The van der Waals surface area contributed by atoms with Gasteiger partial charge in [-0.1, -0.05) is 0 Å². The van der Waals surface area contributed by atoms with E-state index >= 15 is 0 Å². The van der Waals surface area contributed by atoms with Crippen LogP contribution in [-0.4, -0.2) is 73.2 Å². The molecule has 1 aromatic rings. The summed E-state index contributed by atoms with van der Waals surface area (Å²) in [5.74, 6) is 1.21. The van der Waals surface area contributed by atoms with E-state index in [1.165, 1.54) is 6.42 Å². The molecule has 0 aliphatic carbocycles. The number of nitrogens with zero attached hydrogens (tertiary/aromatic N) is 3. The molecule has 138 valence electrons. The Morgan fingerprint density at radius 3 is 2.76 bits per heavy atom. The van der Waals surface area contributed by atoms with E-state index in [1.807, 2.05) is 17.9 Å². The van der Waals surface area contributed by atoms with Crippen molar-refractivity contribution in [2.75, 3.05) is 52.5 Å². The predicted molar refractivity (Wildman–Crippen MR) is 95.9 cm³/mol. The van der Waals surface area contributed by atoms with Crippen molar-refractivity contribution in [2.24, 2.45) is 5.92 Å². The summed E-state index contributed by atoms with van der Waals surface area (Å²) in [4.78, 5) is 21.4. The summed E-state index contributed by atoms with van der Waals surface area (Å²) in [6.07, 6.45) is 5.05. The number of pyridine rings is 1. The van der Waals surface area contributed by atoms with E-state index in [9.17, 15) is 4.79 Å². The van der Waals surface area contributed by atoms with E-state index in [-0.39, 0.29) is 5.91 Å². The summed E-state index contributed by atoms with van der Waals surface area (Å²) in [5, 5.41) is 0. The molecule has 1 amide bonds. The summed E-state index contributed by atoms with van der Waals surface area (Å²) in [6, 6.07) is 3.61. The molecule has 0 aromatic carbocycles. The van der Waals surface area contributed by atoms with Gasteiger partial charge in [0.15, 0.2) is 0 Å². The third-order valence-electron chi connectivity index (χ3n) is 5.14. The summed E-state index contributed by atoms with van der Waals surface area (Å²) in [6.45, 7) is 9.06. The molecule has 0 N–H and O–H groups in total. The molecule has 2 aliphatic rings. The first-order chi connectivity index (χ1) is 12.3. The van der Waals surface area contributed by atoms with E-state index in [0.29, 0.717) is 24.0 Å². The second-order valence-corrected chi connectivity index (χ2v) is 6.77. The van der Waals surface area contributed by atoms with Gasteiger partial charge in [0.2, 0.25) is 5.88 Å². The Kier molecular flexibility index (Phi) is 6.64. The number of ether oxygens (including phenoxy) is 2. The van der Waals surface area contributed by atoms with Gasteiger partial charge in [-0.15, -0.1) is 0 Å². The van der Waals surface area contributed by atoms with Gasteiger partial charge in [0, 0.05) is 32.4 Å². The lowest BCUT2D eigenvalue weighted by molar-refractivity contribution is 0.0332. The average Bonchev–Trinajstić information content (AvgIpc) is 2.68. The maximum absolute atomic E-state index is 12.8. The molecule has 2 aliphatic heterocycles. The molecule has 6 heteroatoms. The number of piperidine rings is 1. The van der Waals surface area contributed by atoms with Crippen LogP contribution in [0.3, 0.4) is 0 Å². The number of hydrogen-bond acceptors (Lipinski definition) is 5. The van der Waals surface area contributed by atoms with Crippen LogP contribution in [0.25, 0.3) is 0 Å². The molecule has 2 fully saturated rings. The SMILES string of the molecule is CCOc1ncccc1C(=O)N1CCC(CCN2CCOCC2)CC1. The van der Waals surface area contributed by atoms with Gasteiger partial charge in [-0.25, -0.2) is 4.98 Å². The van der Waals surface area contributed by atoms with E-state index in [2.05, 4.69) is 9.88 Å². The Morgan fingerprint density at radius 1 is 1.28 bits per heavy atom. The van der Waals surface area contributed by atoms with Gasteiger partial charge in [0.05, 0.1) is 19.8 Å². The van der Waals surface area contributed by atoms with Gasteiger partial charge in [-0.05, 0) is 50.8 Å². The van der Waals surface area contributed by atoms with Gasteiger partial charge in [-0.2, -0.15) is 0 Å². The molecule has 1 aromatic heterocycles. The number of aromatic nitrogens is 1. The minimum Gasteiger partial charge on any atom is -0.477 e. The predicted octanol–water partition coefficient (Wildman–Crippen LogP) is 2.05. The number of rotatable bonds is 6. The maximum Gasteiger partial charge on any atom is 0.259 e. The molecule has 0 unspecified atom stereocenters. The van der Waals surface area contributed by atoms with Crippen molar-refractivity contribution in [1.29, 1.82) is 0 Å². The molecule has 25 heavy (non-hydrogen) atoms. The largest absolute Gasteiger partial charge is 0.477 e. The van der Waals surface area contributed by atoms with Crippen LogP contribution < -0.4 is 4.74 Å². The molecule has 6 nitrogen and oxygen atoms in total. The molecule has 0 bridgehead atoms. The fourth-order valence-electron chi connectivity index (χ4n) is 3.59. The number of carbonyl (C=O) groups is 1. The van der Waals surface area contributed by atoms with Crippen LogP contribution in [-0.2, 0) is 4.74 Å². The third-order valence-corrected chi connectivity index (χ3v) is 5.14. The summed E-state index contributed by atoms with van der Waals surface area (Å²) >= 11 is 0. The fourth-order valence-corrected chi connectivity index (χ4v) is 3.59. The van der Waals surface area contributed by atoms with Gasteiger partial charge in [-0.3, -0.25) is 9.69 Å². The monoisotopic (exact) mass is 347 g/mol. The quantitative estimate of drug-likeness (QED) is 0.788. The first-order valence-corrected chi connectivity index (χ1v) is 9.45. The van der Waals surface area contributed by atoms with Crippen LogP contribution in [0.2, 0.25) is 0 Å². The van der Waals surface area contributed by atoms with E-state index in [0.717, 1.165) is 58.8 Å². The molecule has 0 saturated carbocycles. The number of likely N-dealkylation sites (tertiary alicyclic amines) is 1. The van der Waals surface area contributed by atoms with Crippen molar-refractivity contribution < 1.29 is 14.3 Å². The molecule has 0 atom stereocenters. The second-order valence-electron chi connectivity index (χ2n) is 6.77. The Hall–Kier alpha value is -1.66. The molecule has 3 heterocycles. The number of hydrogen-bond donors (Lipinski definition) is 0. The topological polar surface area (TPSA) is 54.9 Å². The first kappa shape index (κ1) is 18.1. The lowest BCUT2D eigenvalue weighted by Crippen LogP contribution is -2.41. The van der Waals surface area contributed by atoms with Crippen LogP contribution >= 0.6 is 0 Å². The minimum absolute atomic E-state index is 0.0446. The van der Waals surface area contributed by atoms with Crippen LogP contribution in [0.4, 0.5) is 0 Å². The highest BCUT2D eigenvalue weighted by atomic mass is 16.5. The fraction of sp³-hybridized carbons (Fsp3) is 0.684. The van der Waals surface area contributed by atoms with Crippen LogP contribution in [0.1, 0.15) is 36.5 Å². The third kappa shape index (κ3) is 4.92. The standard InChI is InChI=1S/C19H29N3O3/c1-2-25-18-17(4-3-8-20-18)19(23)22-10-6-16(7-11-22)5-9-21-12-14-24-15-13-21/h3-4,8,16H,2,5-7,9-15H2,1H3. The Labute approximate surface area is 150 Å². The lowest BCUT2D eigenvalue weighted by atomic mass is 9.93. The normalized spacial score (nSPS) is 19.8. The summed E-state index contributed by atoms with van der Waals surface area (Å²) < 4.78 is 10.9. The highest BCUT2D eigenvalue weighted by molar-refractivity contribution is 5.96. The van der Waals surface area contributed by atoms with E-state index < -0.39 is 0 Å². The summed E-state index contributed by atoms with van der Waals surface area (Å²) in [5.41, 5.74) is 0.580. The molecular weight excluding hydrogens is 318 g/mol. The Morgan fingerprint density at radius 2 is 2.04 bits per heavy atom. The number of morpholine rings is 1. The zero-order chi connectivity index (χ0) is 17.5. The first-order valence-electron chi connectivity index (χ1n) is 9.45. The highest BCUT2D eigenvalue weighted by Crippen LogP contribution is 2.24. The van der Waals surface area contributed by atoms with E-state index in [1.54, 1.807) is 12.3 Å². The smallest absolute Gasteiger partial charge is 0.259 e. The van der Waals surface area contributed by atoms with E-state index in [4.69, 9.17) is 9.47 Å². The van der Waals surface area contributed by atoms with Crippen LogP contribution in [0.15, 0.2) is 18.3 Å². The minimum atomic E-state index is 0.0446. The number of carbonyl (C=O) groups excluding carboxylic acids is 1. The van der Waals surface area contributed by atoms with Crippen LogP contribution in [0.5, 0.6) is 5.88 Å².